The Morgan fingerprint density at radius 2 is 1.95 bits per heavy atom. The van der Waals surface area contributed by atoms with Gasteiger partial charge in [0.15, 0.2) is 0 Å². The average molecular weight is 265 g/mol. The summed E-state index contributed by atoms with van der Waals surface area (Å²) in [7, 11) is 2.12. The van der Waals surface area contributed by atoms with Crippen molar-refractivity contribution >= 4 is 11.4 Å². The van der Waals surface area contributed by atoms with Gasteiger partial charge in [0.25, 0.3) is 0 Å². The van der Waals surface area contributed by atoms with Crippen LogP contribution in [-0.2, 0) is 0 Å². The first-order valence-corrected chi connectivity index (χ1v) is 6.91. The quantitative estimate of drug-likeness (QED) is 0.744. The maximum atomic E-state index is 6.11. The molecule has 4 heteroatoms. The fourth-order valence-corrected chi connectivity index (χ4v) is 1.68. The molecular weight excluding hydrogens is 238 g/mol. The lowest BCUT2D eigenvalue weighted by Gasteiger charge is -2.22. The second-order valence-electron chi connectivity index (χ2n) is 5.39. The number of nitrogens with one attached hydrogen (secondary N) is 1. The molecule has 1 aromatic carbocycles. The second-order valence-corrected chi connectivity index (χ2v) is 5.39. The summed E-state index contributed by atoms with van der Waals surface area (Å²) in [5, 5.41) is 3.37. The Labute approximate surface area is 116 Å². The molecule has 0 saturated carbocycles. The lowest BCUT2D eigenvalue weighted by atomic mass is 10.2. The van der Waals surface area contributed by atoms with E-state index in [1.54, 1.807) is 0 Å². The first kappa shape index (κ1) is 15.6. The van der Waals surface area contributed by atoms with Gasteiger partial charge >= 0.3 is 0 Å². The maximum Gasteiger partial charge on any atom is 0.144 e. The van der Waals surface area contributed by atoms with E-state index >= 15 is 0 Å². The summed E-state index contributed by atoms with van der Waals surface area (Å²) in [5.41, 5.74) is 7.73. The van der Waals surface area contributed by atoms with Crippen LogP contribution in [0, 0.1) is 0 Å². The molecule has 0 unspecified atom stereocenters. The normalized spacial score (nSPS) is 11.4. The summed E-state index contributed by atoms with van der Waals surface area (Å²) in [5.74, 6) is 0.747. The summed E-state index contributed by atoms with van der Waals surface area (Å²) in [4.78, 5) is 2.29. The molecule has 0 aromatic heterocycles. The summed E-state index contributed by atoms with van der Waals surface area (Å²) < 4.78 is 5.68. The molecule has 0 heterocycles. The van der Waals surface area contributed by atoms with E-state index in [0.29, 0.717) is 11.7 Å². The van der Waals surface area contributed by atoms with Crippen LogP contribution in [0.15, 0.2) is 18.2 Å². The summed E-state index contributed by atoms with van der Waals surface area (Å²) in [6, 6.07) is 6.40. The highest BCUT2D eigenvalue weighted by Crippen LogP contribution is 2.29. The largest absolute Gasteiger partial charge is 0.489 e. The van der Waals surface area contributed by atoms with Crippen molar-refractivity contribution in [2.45, 2.75) is 39.8 Å². The molecule has 0 saturated heterocycles. The SMILES string of the molecule is CC(C)Oc1cccc(NCCN(C)C(C)C)c1N. The van der Waals surface area contributed by atoms with E-state index in [4.69, 9.17) is 10.5 Å². The van der Waals surface area contributed by atoms with E-state index in [0.717, 1.165) is 24.5 Å². The molecule has 0 bridgehead atoms. The molecule has 0 aliphatic rings. The van der Waals surface area contributed by atoms with Gasteiger partial charge in [-0.15, -0.1) is 0 Å². The van der Waals surface area contributed by atoms with Crippen LogP contribution < -0.4 is 15.8 Å². The van der Waals surface area contributed by atoms with Gasteiger partial charge in [-0.25, -0.2) is 0 Å². The predicted molar refractivity (Wildman–Crippen MR) is 82.9 cm³/mol. The molecule has 0 spiro atoms. The smallest absolute Gasteiger partial charge is 0.144 e. The Hall–Kier alpha value is -1.42. The van der Waals surface area contributed by atoms with Crippen LogP contribution in [0.1, 0.15) is 27.7 Å². The molecule has 0 aliphatic carbocycles. The fourth-order valence-electron chi connectivity index (χ4n) is 1.68. The molecule has 1 rings (SSSR count). The number of anilines is 2. The molecule has 0 atom stereocenters. The van der Waals surface area contributed by atoms with Gasteiger partial charge in [-0.05, 0) is 46.9 Å². The average Bonchev–Trinajstić information content (AvgIpc) is 2.32. The molecule has 1 aromatic rings. The van der Waals surface area contributed by atoms with Crippen LogP contribution in [0.5, 0.6) is 5.75 Å². The summed E-state index contributed by atoms with van der Waals surface area (Å²) in [6.45, 7) is 10.2. The van der Waals surface area contributed by atoms with E-state index < -0.39 is 0 Å². The first-order chi connectivity index (χ1) is 8.91. The summed E-state index contributed by atoms with van der Waals surface area (Å²) >= 11 is 0. The van der Waals surface area contributed by atoms with Gasteiger partial charge in [-0.2, -0.15) is 0 Å². The first-order valence-electron chi connectivity index (χ1n) is 6.91. The van der Waals surface area contributed by atoms with Crippen LogP contribution in [0.25, 0.3) is 0 Å². The minimum absolute atomic E-state index is 0.129. The molecule has 0 amide bonds. The molecule has 0 aliphatic heterocycles. The summed E-state index contributed by atoms with van der Waals surface area (Å²) in [6.07, 6.45) is 0.129. The van der Waals surface area contributed by atoms with Crippen molar-refractivity contribution in [1.29, 1.82) is 0 Å². The van der Waals surface area contributed by atoms with Crippen molar-refractivity contribution in [1.82, 2.24) is 4.90 Å². The number of nitrogens with zero attached hydrogens (tertiary/aromatic N) is 1. The molecule has 0 radical (unpaired) electrons. The number of para-hydroxylation sites is 1. The van der Waals surface area contributed by atoms with E-state index in [2.05, 4.69) is 31.1 Å². The van der Waals surface area contributed by atoms with Gasteiger partial charge in [0.2, 0.25) is 0 Å². The fraction of sp³-hybridized carbons (Fsp3) is 0.600. The number of likely N-dealkylation sites (N-methyl/N-ethyl adjacent to an activating group) is 1. The monoisotopic (exact) mass is 265 g/mol. The standard InChI is InChI=1S/C15H27N3O/c1-11(2)18(5)10-9-17-13-7-6-8-14(15(13)16)19-12(3)4/h6-8,11-12,17H,9-10,16H2,1-5H3. The molecule has 108 valence electrons. The van der Waals surface area contributed by atoms with Gasteiger partial charge in [0.1, 0.15) is 5.75 Å². The highest BCUT2D eigenvalue weighted by atomic mass is 16.5. The maximum absolute atomic E-state index is 6.11. The van der Waals surface area contributed by atoms with Crippen molar-refractivity contribution in [3.8, 4) is 5.75 Å². The van der Waals surface area contributed by atoms with E-state index in [-0.39, 0.29) is 6.10 Å². The van der Waals surface area contributed by atoms with Crippen LogP contribution in [0.2, 0.25) is 0 Å². The lowest BCUT2D eigenvalue weighted by molar-refractivity contribution is 0.244. The zero-order chi connectivity index (χ0) is 14.4. The highest BCUT2D eigenvalue weighted by Gasteiger charge is 2.08. The van der Waals surface area contributed by atoms with Crippen LogP contribution in [0.4, 0.5) is 11.4 Å². The third kappa shape index (κ3) is 4.99. The predicted octanol–water partition coefficient (Wildman–Crippen LogP) is 2.81. The number of hydrogen-bond donors (Lipinski definition) is 2. The molecule has 3 N–H and O–H groups in total. The van der Waals surface area contributed by atoms with Gasteiger partial charge in [-0.3, -0.25) is 0 Å². The molecule has 0 fully saturated rings. The Bertz CT molecular complexity index is 391. The van der Waals surface area contributed by atoms with E-state index in [1.165, 1.54) is 0 Å². The van der Waals surface area contributed by atoms with E-state index in [1.807, 2.05) is 32.0 Å². The Morgan fingerprint density at radius 3 is 2.53 bits per heavy atom. The zero-order valence-electron chi connectivity index (χ0n) is 12.7. The Morgan fingerprint density at radius 1 is 1.26 bits per heavy atom. The number of ether oxygens (including phenoxy) is 1. The topological polar surface area (TPSA) is 50.5 Å². The van der Waals surface area contributed by atoms with Crippen LogP contribution in [0.3, 0.4) is 0 Å². The van der Waals surface area contributed by atoms with Crippen LogP contribution in [-0.4, -0.2) is 37.2 Å². The number of benzene rings is 1. The third-order valence-electron chi connectivity index (χ3n) is 3.09. The molecular formula is C15H27N3O. The third-order valence-corrected chi connectivity index (χ3v) is 3.09. The van der Waals surface area contributed by atoms with Gasteiger partial charge in [0.05, 0.1) is 17.5 Å². The van der Waals surface area contributed by atoms with Crippen molar-refractivity contribution in [3.05, 3.63) is 18.2 Å². The number of nitrogens with two attached hydrogens (primary N) is 1. The zero-order valence-corrected chi connectivity index (χ0v) is 12.7. The van der Waals surface area contributed by atoms with Crippen LogP contribution >= 0.6 is 0 Å². The van der Waals surface area contributed by atoms with E-state index in [9.17, 15) is 0 Å². The Balaban J connectivity index is 2.59. The van der Waals surface area contributed by atoms with Crippen molar-refractivity contribution in [3.63, 3.8) is 0 Å². The van der Waals surface area contributed by atoms with Gasteiger partial charge in [0, 0.05) is 19.1 Å². The Kier molecular flexibility index (Phi) is 5.96. The van der Waals surface area contributed by atoms with Crippen molar-refractivity contribution < 1.29 is 4.74 Å². The number of rotatable bonds is 7. The highest BCUT2D eigenvalue weighted by molar-refractivity contribution is 5.72. The van der Waals surface area contributed by atoms with Crippen molar-refractivity contribution in [2.24, 2.45) is 0 Å². The molecule has 4 nitrogen and oxygen atoms in total. The minimum Gasteiger partial charge on any atom is -0.489 e. The molecule has 19 heavy (non-hydrogen) atoms. The number of nitrogen functional groups attached to an aromatic ring is 1. The minimum atomic E-state index is 0.129. The number of hydrogen-bond acceptors (Lipinski definition) is 4. The second kappa shape index (κ2) is 7.24. The lowest BCUT2D eigenvalue weighted by Crippen LogP contribution is -2.31. The van der Waals surface area contributed by atoms with Gasteiger partial charge in [-0.1, -0.05) is 6.07 Å². The van der Waals surface area contributed by atoms with Gasteiger partial charge < -0.3 is 20.7 Å². The van der Waals surface area contributed by atoms with Crippen molar-refractivity contribution in [2.75, 3.05) is 31.2 Å².